The summed E-state index contributed by atoms with van der Waals surface area (Å²) >= 11 is 0. The monoisotopic (exact) mass is 554 g/mol. The second-order valence-electron chi connectivity index (χ2n) is 8.95. The maximum Gasteiger partial charge on any atom is 0.330 e. The lowest BCUT2D eigenvalue weighted by Gasteiger charge is -2.12. The van der Waals surface area contributed by atoms with Gasteiger partial charge in [-0.15, -0.1) is 0 Å². The Balaban J connectivity index is 1.91. The Kier molecular flexibility index (Phi) is 23.3. The summed E-state index contributed by atoms with van der Waals surface area (Å²) in [6.45, 7) is 10.8. The highest BCUT2D eigenvalue weighted by atomic mass is 16.6. The zero-order valence-corrected chi connectivity index (χ0v) is 23.9. The Morgan fingerprint density at radius 2 is 1.21 bits per heavy atom. The Labute approximate surface area is 234 Å². The summed E-state index contributed by atoms with van der Waals surface area (Å²) in [6, 6.07) is 5.30. The standard InChI is InChI=1S/C30H50O9/c1-3-5-6-7-8-9-10-11-27-26-28(31)12-13-29(27)38-24-22-36-20-18-34-16-14-33-15-17-35-19-21-37-23-25-39-30(32)4-2/h4,12-13,26,31H,2-3,5-11,14-25H2,1H3. The fourth-order valence-corrected chi connectivity index (χ4v) is 3.63. The summed E-state index contributed by atoms with van der Waals surface area (Å²) in [4.78, 5) is 10.8. The highest BCUT2D eigenvalue weighted by Gasteiger charge is 2.06. The number of aryl methyl sites for hydroxylation is 1. The number of rotatable bonds is 28. The number of unbranched alkanes of at least 4 members (excludes halogenated alkanes) is 6. The van der Waals surface area contributed by atoms with Crippen LogP contribution >= 0.6 is 0 Å². The molecule has 1 N–H and O–H groups in total. The van der Waals surface area contributed by atoms with Crippen molar-refractivity contribution in [2.75, 3.05) is 79.3 Å². The molecule has 0 aromatic heterocycles. The van der Waals surface area contributed by atoms with Gasteiger partial charge in [-0.05, 0) is 36.6 Å². The van der Waals surface area contributed by atoms with Crippen LogP contribution in [0.1, 0.15) is 57.4 Å². The SMILES string of the molecule is C=CC(=O)OCCOCCOCCOCCOCCOCCOc1ccc(O)cc1CCCCCCCCC. The third-order valence-electron chi connectivity index (χ3n) is 5.71. The molecule has 0 heterocycles. The molecule has 0 unspecified atom stereocenters. The van der Waals surface area contributed by atoms with Gasteiger partial charge < -0.3 is 38.3 Å². The Morgan fingerprint density at radius 3 is 1.74 bits per heavy atom. The van der Waals surface area contributed by atoms with Crippen LogP contribution in [0.4, 0.5) is 0 Å². The van der Waals surface area contributed by atoms with Crippen molar-refractivity contribution in [2.45, 2.75) is 58.3 Å². The Morgan fingerprint density at radius 1 is 0.718 bits per heavy atom. The van der Waals surface area contributed by atoms with Gasteiger partial charge in [-0.25, -0.2) is 4.79 Å². The van der Waals surface area contributed by atoms with Gasteiger partial charge in [0.05, 0.1) is 66.1 Å². The van der Waals surface area contributed by atoms with Gasteiger partial charge in [0.1, 0.15) is 24.7 Å². The van der Waals surface area contributed by atoms with E-state index in [0.717, 1.165) is 30.2 Å². The highest BCUT2D eigenvalue weighted by molar-refractivity contribution is 5.81. The summed E-state index contributed by atoms with van der Waals surface area (Å²) in [5, 5.41) is 9.86. The third-order valence-corrected chi connectivity index (χ3v) is 5.71. The van der Waals surface area contributed by atoms with E-state index in [-0.39, 0.29) is 12.4 Å². The lowest BCUT2D eigenvalue weighted by atomic mass is 10.0. The molecule has 0 aliphatic rings. The summed E-state index contributed by atoms with van der Waals surface area (Å²) < 4.78 is 37.9. The molecular weight excluding hydrogens is 504 g/mol. The van der Waals surface area contributed by atoms with Crippen molar-refractivity contribution >= 4 is 5.97 Å². The van der Waals surface area contributed by atoms with E-state index in [4.69, 9.17) is 33.2 Å². The number of phenols is 1. The van der Waals surface area contributed by atoms with Crippen LogP contribution in [0.2, 0.25) is 0 Å². The zero-order valence-electron chi connectivity index (χ0n) is 23.9. The van der Waals surface area contributed by atoms with Crippen LogP contribution in [0.3, 0.4) is 0 Å². The molecule has 1 aromatic rings. The zero-order chi connectivity index (χ0) is 28.2. The fourth-order valence-electron chi connectivity index (χ4n) is 3.63. The second kappa shape index (κ2) is 26.1. The van der Waals surface area contributed by atoms with Gasteiger partial charge in [0.25, 0.3) is 0 Å². The molecule has 0 radical (unpaired) electrons. The Hall–Kier alpha value is -2.17. The number of aromatic hydroxyl groups is 1. The van der Waals surface area contributed by atoms with Crippen molar-refractivity contribution in [1.29, 1.82) is 0 Å². The second-order valence-corrected chi connectivity index (χ2v) is 8.95. The van der Waals surface area contributed by atoms with E-state index in [1.54, 1.807) is 12.1 Å². The normalized spacial score (nSPS) is 11.0. The van der Waals surface area contributed by atoms with Crippen molar-refractivity contribution < 1.29 is 43.1 Å². The minimum atomic E-state index is -0.456. The molecule has 1 aromatic carbocycles. The van der Waals surface area contributed by atoms with Crippen molar-refractivity contribution in [3.63, 3.8) is 0 Å². The maximum atomic E-state index is 10.8. The first kappa shape index (κ1) is 34.9. The van der Waals surface area contributed by atoms with Gasteiger partial charge in [0.15, 0.2) is 0 Å². The van der Waals surface area contributed by atoms with Crippen LogP contribution in [0.25, 0.3) is 0 Å². The van der Waals surface area contributed by atoms with Crippen molar-refractivity contribution in [1.82, 2.24) is 0 Å². The van der Waals surface area contributed by atoms with E-state index >= 15 is 0 Å². The number of hydrogen-bond donors (Lipinski definition) is 1. The van der Waals surface area contributed by atoms with E-state index in [1.165, 1.54) is 38.5 Å². The molecule has 39 heavy (non-hydrogen) atoms. The van der Waals surface area contributed by atoms with Gasteiger partial charge in [-0.1, -0.05) is 52.0 Å². The lowest BCUT2D eigenvalue weighted by Crippen LogP contribution is -2.15. The van der Waals surface area contributed by atoms with Crippen molar-refractivity contribution in [2.24, 2.45) is 0 Å². The molecule has 9 nitrogen and oxygen atoms in total. The summed E-state index contributed by atoms with van der Waals surface area (Å²) in [5.41, 5.74) is 1.05. The first-order valence-electron chi connectivity index (χ1n) is 14.3. The van der Waals surface area contributed by atoms with Crippen LogP contribution < -0.4 is 4.74 Å². The van der Waals surface area contributed by atoms with Gasteiger partial charge in [0.2, 0.25) is 0 Å². The van der Waals surface area contributed by atoms with E-state index in [1.807, 2.05) is 6.07 Å². The number of benzene rings is 1. The van der Waals surface area contributed by atoms with Gasteiger partial charge in [0, 0.05) is 6.08 Å². The largest absolute Gasteiger partial charge is 0.508 e. The molecular formula is C30H50O9. The maximum absolute atomic E-state index is 10.8. The van der Waals surface area contributed by atoms with Gasteiger partial charge in [-0.2, -0.15) is 0 Å². The van der Waals surface area contributed by atoms with E-state index in [2.05, 4.69) is 13.5 Å². The average Bonchev–Trinajstić information content (AvgIpc) is 2.94. The molecule has 224 valence electrons. The number of hydrogen-bond acceptors (Lipinski definition) is 9. The minimum Gasteiger partial charge on any atom is -0.508 e. The molecule has 1 rings (SSSR count). The van der Waals surface area contributed by atoms with E-state index in [0.29, 0.717) is 72.7 Å². The number of carbonyl (C=O) groups is 1. The number of phenolic OH excluding ortho intramolecular Hbond substituents is 1. The predicted octanol–water partition coefficient (Wildman–Crippen LogP) is 4.88. The molecule has 0 saturated carbocycles. The summed E-state index contributed by atoms with van der Waals surface area (Å²) in [6.07, 6.45) is 10.8. The van der Waals surface area contributed by atoms with Crippen LogP contribution in [0, 0.1) is 0 Å². The first-order chi connectivity index (χ1) is 19.2. The van der Waals surface area contributed by atoms with Crippen LogP contribution in [0.15, 0.2) is 30.9 Å². The van der Waals surface area contributed by atoms with Crippen molar-refractivity contribution in [3.8, 4) is 11.5 Å². The van der Waals surface area contributed by atoms with E-state index in [9.17, 15) is 9.90 Å². The molecule has 9 heteroatoms. The molecule has 0 aliphatic heterocycles. The van der Waals surface area contributed by atoms with Crippen molar-refractivity contribution in [3.05, 3.63) is 36.4 Å². The molecule has 0 aliphatic carbocycles. The van der Waals surface area contributed by atoms with Crippen LogP contribution in [-0.4, -0.2) is 90.4 Å². The topological polar surface area (TPSA) is 102 Å². The quantitative estimate of drug-likeness (QED) is 0.0882. The predicted molar refractivity (Wildman–Crippen MR) is 151 cm³/mol. The summed E-state index contributed by atoms with van der Waals surface area (Å²) in [7, 11) is 0. The smallest absolute Gasteiger partial charge is 0.330 e. The van der Waals surface area contributed by atoms with Gasteiger partial charge in [-0.3, -0.25) is 0 Å². The molecule has 0 fully saturated rings. The number of esters is 1. The Bertz CT molecular complexity index is 726. The minimum absolute atomic E-state index is 0.201. The average molecular weight is 555 g/mol. The van der Waals surface area contributed by atoms with Crippen LogP contribution in [0.5, 0.6) is 11.5 Å². The van der Waals surface area contributed by atoms with Gasteiger partial charge >= 0.3 is 5.97 Å². The highest BCUT2D eigenvalue weighted by Crippen LogP contribution is 2.25. The molecule has 0 spiro atoms. The molecule has 0 saturated heterocycles. The lowest BCUT2D eigenvalue weighted by molar-refractivity contribution is -0.139. The van der Waals surface area contributed by atoms with Crippen LogP contribution in [-0.2, 0) is 39.6 Å². The number of carbonyl (C=O) groups excluding carboxylic acids is 1. The fraction of sp³-hybridized carbons (Fsp3) is 0.700. The summed E-state index contributed by atoms with van der Waals surface area (Å²) in [5.74, 6) is 0.638. The number of ether oxygens (including phenoxy) is 7. The van der Waals surface area contributed by atoms with E-state index < -0.39 is 5.97 Å². The molecule has 0 amide bonds. The third kappa shape index (κ3) is 21.3. The first-order valence-corrected chi connectivity index (χ1v) is 14.3. The molecule has 0 bridgehead atoms. The molecule has 0 atom stereocenters.